The number of carbonyl (C=O) groups is 2. The molecule has 9 heteroatoms. The molecule has 0 aliphatic carbocycles. The summed E-state index contributed by atoms with van der Waals surface area (Å²) in [5.41, 5.74) is 5.42. The molecule has 3 aromatic rings. The van der Waals surface area contributed by atoms with Crippen LogP contribution in [0.1, 0.15) is 21.5 Å². The highest BCUT2D eigenvalue weighted by Gasteiger charge is 2.17. The summed E-state index contributed by atoms with van der Waals surface area (Å²) >= 11 is 8.93. The zero-order valence-electron chi connectivity index (χ0n) is 16.9. The minimum atomic E-state index is -0.487. The first kappa shape index (κ1) is 24.4. The molecule has 0 heterocycles. The van der Waals surface area contributed by atoms with Crippen LogP contribution < -0.4 is 15.5 Å². The molecule has 0 unspecified atom stereocenters. The third-order valence-corrected chi connectivity index (χ3v) is 6.21. The van der Waals surface area contributed by atoms with Crippen LogP contribution >= 0.6 is 54.5 Å². The van der Waals surface area contributed by atoms with E-state index < -0.39 is 5.97 Å². The van der Waals surface area contributed by atoms with Gasteiger partial charge in [-0.15, -0.1) is 0 Å². The van der Waals surface area contributed by atoms with Crippen LogP contribution in [-0.4, -0.2) is 24.6 Å². The molecule has 0 fully saturated rings. The van der Waals surface area contributed by atoms with E-state index >= 15 is 0 Å². The van der Waals surface area contributed by atoms with Crippen molar-refractivity contribution < 1.29 is 14.3 Å². The fourth-order valence-corrected chi connectivity index (χ4v) is 4.57. The van der Waals surface area contributed by atoms with Gasteiger partial charge in [-0.25, -0.2) is 10.2 Å². The molecule has 1 amide bonds. The average molecular weight is 671 g/mol. The molecule has 164 valence electrons. The Morgan fingerprint density at radius 3 is 2.53 bits per heavy atom. The Balaban J connectivity index is 1.68. The molecule has 0 saturated heterocycles. The van der Waals surface area contributed by atoms with Gasteiger partial charge < -0.3 is 10.1 Å². The van der Waals surface area contributed by atoms with E-state index in [1.54, 1.807) is 24.3 Å². The molecule has 2 N–H and O–H groups in total. The van der Waals surface area contributed by atoms with E-state index in [1.807, 2.05) is 43.3 Å². The summed E-state index contributed by atoms with van der Waals surface area (Å²) in [4.78, 5) is 24.8. The minimum Gasteiger partial charge on any atom is -0.421 e. The number of aryl methyl sites for hydroxylation is 1. The molecular formula is C23H18Br2IN3O3. The van der Waals surface area contributed by atoms with Crippen molar-refractivity contribution in [2.75, 3.05) is 11.9 Å². The van der Waals surface area contributed by atoms with Crippen LogP contribution in [0.15, 0.2) is 74.7 Å². The SMILES string of the molecule is Cc1ccc(NCC(=O)N/N=C/c2cc(Br)cc(Br)c2OC(=O)c2ccccc2I)cc1. The van der Waals surface area contributed by atoms with Crippen molar-refractivity contribution in [2.24, 2.45) is 5.10 Å². The van der Waals surface area contributed by atoms with Crippen LogP contribution in [0.4, 0.5) is 5.69 Å². The monoisotopic (exact) mass is 669 g/mol. The molecule has 0 aromatic heterocycles. The normalized spacial score (nSPS) is 10.8. The third-order valence-electron chi connectivity index (χ3n) is 4.22. The highest BCUT2D eigenvalue weighted by atomic mass is 127. The number of halogens is 3. The number of nitrogens with zero attached hydrogens (tertiary/aromatic N) is 1. The predicted octanol–water partition coefficient (Wildman–Crippen LogP) is 5.91. The summed E-state index contributed by atoms with van der Waals surface area (Å²) in [6.45, 7) is 2.06. The number of esters is 1. The first-order chi connectivity index (χ1) is 15.3. The summed E-state index contributed by atoms with van der Waals surface area (Å²) in [5, 5.41) is 7.04. The number of carbonyl (C=O) groups excluding carboxylic acids is 2. The van der Waals surface area contributed by atoms with E-state index in [4.69, 9.17) is 4.74 Å². The van der Waals surface area contributed by atoms with Crippen molar-refractivity contribution in [1.82, 2.24) is 5.43 Å². The first-order valence-corrected chi connectivity index (χ1v) is 12.1. The molecule has 0 atom stereocenters. The fourth-order valence-electron chi connectivity index (χ4n) is 2.63. The summed E-state index contributed by atoms with van der Waals surface area (Å²) in [5.74, 6) is -0.499. The summed E-state index contributed by atoms with van der Waals surface area (Å²) in [7, 11) is 0. The van der Waals surface area contributed by atoms with Crippen molar-refractivity contribution in [2.45, 2.75) is 6.92 Å². The molecule has 6 nitrogen and oxygen atoms in total. The molecule has 3 aromatic carbocycles. The zero-order chi connectivity index (χ0) is 23.1. The molecule has 0 aliphatic rings. The molecular weight excluding hydrogens is 653 g/mol. The third kappa shape index (κ3) is 6.88. The number of hydrogen-bond acceptors (Lipinski definition) is 5. The number of ether oxygens (including phenoxy) is 1. The molecule has 0 spiro atoms. The van der Waals surface area contributed by atoms with E-state index in [1.165, 1.54) is 6.21 Å². The summed E-state index contributed by atoms with van der Waals surface area (Å²) in [6.07, 6.45) is 1.43. The van der Waals surface area contributed by atoms with Gasteiger partial charge in [-0.1, -0.05) is 45.8 Å². The smallest absolute Gasteiger partial charge is 0.344 e. The molecule has 3 rings (SSSR count). The van der Waals surface area contributed by atoms with Crippen LogP contribution in [0.25, 0.3) is 0 Å². The largest absolute Gasteiger partial charge is 0.421 e. The lowest BCUT2D eigenvalue weighted by Crippen LogP contribution is -2.25. The van der Waals surface area contributed by atoms with E-state index in [-0.39, 0.29) is 12.5 Å². The summed E-state index contributed by atoms with van der Waals surface area (Å²) in [6, 6.07) is 18.4. The van der Waals surface area contributed by atoms with Crippen molar-refractivity contribution in [3.63, 3.8) is 0 Å². The Morgan fingerprint density at radius 1 is 1.09 bits per heavy atom. The average Bonchev–Trinajstić information content (AvgIpc) is 2.76. The van der Waals surface area contributed by atoms with Gasteiger partial charge in [-0.3, -0.25) is 4.79 Å². The Morgan fingerprint density at radius 2 is 1.81 bits per heavy atom. The van der Waals surface area contributed by atoms with Gasteiger partial charge in [0, 0.05) is 19.3 Å². The number of nitrogens with one attached hydrogen (secondary N) is 2. The van der Waals surface area contributed by atoms with Crippen LogP contribution in [0, 0.1) is 10.5 Å². The van der Waals surface area contributed by atoms with E-state index in [9.17, 15) is 9.59 Å². The van der Waals surface area contributed by atoms with Gasteiger partial charge in [0.25, 0.3) is 5.91 Å². The van der Waals surface area contributed by atoms with Crippen LogP contribution in [0.3, 0.4) is 0 Å². The quantitative estimate of drug-likeness (QED) is 0.108. The minimum absolute atomic E-state index is 0.0663. The second-order valence-corrected chi connectivity index (χ2v) is 9.62. The Hall–Kier alpha value is -2.24. The van der Waals surface area contributed by atoms with E-state index in [0.29, 0.717) is 21.3 Å². The second-order valence-electron chi connectivity index (χ2n) is 6.69. The molecule has 0 aliphatic heterocycles. The highest BCUT2D eigenvalue weighted by Crippen LogP contribution is 2.33. The summed E-state index contributed by atoms with van der Waals surface area (Å²) < 4.78 is 7.75. The predicted molar refractivity (Wildman–Crippen MR) is 141 cm³/mol. The fraction of sp³-hybridized carbons (Fsp3) is 0.0870. The second kappa shape index (κ2) is 11.6. The maximum absolute atomic E-state index is 12.7. The number of anilines is 1. The van der Waals surface area contributed by atoms with Crippen molar-refractivity contribution >= 4 is 78.2 Å². The molecule has 32 heavy (non-hydrogen) atoms. The lowest BCUT2D eigenvalue weighted by molar-refractivity contribution is -0.119. The number of rotatable bonds is 7. The maximum atomic E-state index is 12.7. The topological polar surface area (TPSA) is 79.8 Å². The van der Waals surface area contributed by atoms with Gasteiger partial charge in [0.05, 0.1) is 22.8 Å². The first-order valence-electron chi connectivity index (χ1n) is 9.41. The van der Waals surface area contributed by atoms with Crippen molar-refractivity contribution in [1.29, 1.82) is 0 Å². The van der Waals surface area contributed by atoms with Gasteiger partial charge in [0.15, 0.2) is 5.75 Å². The van der Waals surface area contributed by atoms with Gasteiger partial charge in [0.2, 0.25) is 0 Å². The molecule has 0 radical (unpaired) electrons. The number of benzene rings is 3. The van der Waals surface area contributed by atoms with Gasteiger partial charge in [-0.2, -0.15) is 5.10 Å². The van der Waals surface area contributed by atoms with Crippen LogP contribution in [0.2, 0.25) is 0 Å². The zero-order valence-corrected chi connectivity index (χ0v) is 22.2. The molecule has 0 saturated carbocycles. The van der Waals surface area contributed by atoms with Gasteiger partial charge >= 0.3 is 5.97 Å². The lowest BCUT2D eigenvalue weighted by Gasteiger charge is -2.11. The van der Waals surface area contributed by atoms with Crippen LogP contribution in [0.5, 0.6) is 5.75 Å². The maximum Gasteiger partial charge on any atom is 0.344 e. The van der Waals surface area contributed by atoms with Crippen molar-refractivity contribution in [3.05, 3.63) is 89.9 Å². The van der Waals surface area contributed by atoms with E-state index in [2.05, 4.69) is 70.3 Å². The Bertz CT molecular complexity index is 1170. The van der Waals surface area contributed by atoms with Gasteiger partial charge in [0.1, 0.15) is 0 Å². The van der Waals surface area contributed by atoms with Crippen LogP contribution in [-0.2, 0) is 4.79 Å². The number of hydrazone groups is 1. The lowest BCUT2D eigenvalue weighted by atomic mass is 10.2. The van der Waals surface area contributed by atoms with Gasteiger partial charge in [-0.05, 0) is 81.8 Å². The highest BCUT2D eigenvalue weighted by molar-refractivity contribution is 14.1. The van der Waals surface area contributed by atoms with E-state index in [0.717, 1.165) is 19.3 Å². The Labute approximate surface area is 216 Å². The number of amides is 1. The van der Waals surface area contributed by atoms with Crippen molar-refractivity contribution in [3.8, 4) is 5.75 Å². The molecule has 0 bridgehead atoms. The Kier molecular flexibility index (Phi) is 8.83. The number of hydrogen-bond donors (Lipinski definition) is 2. The standard InChI is InChI=1S/C23H18Br2IN3O3/c1-14-6-8-17(9-7-14)27-13-21(30)29-28-12-15-10-16(24)11-19(25)22(15)32-23(31)18-4-2-3-5-20(18)26/h2-12,27H,13H2,1H3,(H,29,30)/b28-12+.